The minimum Gasteiger partial charge on any atom is -0.457 e. The number of amides is 1. The quantitative estimate of drug-likeness (QED) is 0.169. The molecule has 0 fully saturated rings. The van der Waals surface area contributed by atoms with Crippen molar-refractivity contribution in [3.05, 3.63) is 119 Å². The Morgan fingerprint density at radius 3 is 1.71 bits per heavy atom. The van der Waals surface area contributed by atoms with E-state index in [0.717, 1.165) is 17.5 Å². The van der Waals surface area contributed by atoms with E-state index in [1.807, 2.05) is 30.3 Å². The summed E-state index contributed by atoms with van der Waals surface area (Å²) in [5, 5.41) is 2.84. The van der Waals surface area contributed by atoms with Gasteiger partial charge in [0.15, 0.2) is 0 Å². The molecule has 0 aromatic heterocycles. The summed E-state index contributed by atoms with van der Waals surface area (Å²) in [6.07, 6.45) is 6.73. The Hall–Kier alpha value is -4.58. The number of hydrogen-bond donors (Lipinski definition) is 1. The fraction of sp³-hybridized carbons (Fsp3) is 0.188. The van der Waals surface area contributed by atoms with E-state index in [4.69, 9.17) is 4.74 Å². The first kappa shape index (κ1) is 28.0. The molecule has 3 rings (SSSR count). The number of rotatable bonds is 10. The van der Waals surface area contributed by atoms with Crippen molar-refractivity contribution in [3.8, 4) is 0 Å². The van der Waals surface area contributed by atoms with E-state index >= 15 is 0 Å². The molecule has 0 aliphatic carbocycles. The third kappa shape index (κ3) is 9.13. The fourth-order valence-electron chi connectivity index (χ4n) is 3.46. The average molecular weight is 510 g/mol. The van der Waals surface area contributed by atoms with Gasteiger partial charge < -0.3 is 10.1 Å². The molecule has 6 heteroatoms. The van der Waals surface area contributed by atoms with Crippen LogP contribution in [0.15, 0.2) is 91.0 Å². The van der Waals surface area contributed by atoms with E-state index in [2.05, 4.69) is 5.32 Å². The van der Waals surface area contributed by atoms with Gasteiger partial charge in [0.2, 0.25) is 17.5 Å². The summed E-state index contributed by atoms with van der Waals surface area (Å²) >= 11 is 0. The smallest absolute Gasteiger partial charge is 0.331 e. The van der Waals surface area contributed by atoms with Crippen molar-refractivity contribution in [3.63, 3.8) is 0 Å². The van der Waals surface area contributed by atoms with Crippen LogP contribution in [0.3, 0.4) is 0 Å². The second-order valence-corrected chi connectivity index (χ2v) is 9.63. The molecule has 0 spiro atoms. The number of nitrogens with one attached hydrogen (secondary N) is 1. The van der Waals surface area contributed by atoms with E-state index < -0.39 is 23.1 Å². The topological polar surface area (TPSA) is 89.5 Å². The summed E-state index contributed by atoms with van der Waals surface area (Å²) in [6, 6.07) is 22.8. The molecule has 6 nitrogen and oxygen atoms in total. The zero-order chi connectivity index (χ0) is 27.5. The lowest BCUT2D eigenvalue weighted by atomic mass is 9.99. The van der Waals surface area contributed by atoms with Crippen LogP contribution in [0, 0.1) is 0 Å². The predicted octanol–water partition coefficient (Wildman–Crippen LogP) is 5.48. The van der Waals surface area contributed by atoms with Crippen LogP contribution in [-0.4, -0.2) is 35.6 Å². The normalized spacial score (nSPS) is 11.4. The van der Waals surface area contributed by atoms with Crippen molar-refractivity contribution in [1.82, 2.24) is 5.32 Å². The lowest BCUT2D eigenvalue weighted by Crippen LogP contribution is -2.23. The lowest BCUT2D eigenvalue weighted by molar-refractivity contribution is -0.148. The summed E-state index contributed by atoms with van der Waals surface area (Å²) in [7, 11) is 0. The predicted molar refractivity (Wildman–Crippen MR) is 149 cm³/mol. The highest BCUT2D eigenvalue weighted by molar-refractivity contribution is 6.49. The molecule has 0 atom stereocenters. The Balaban J connectivity index is 1.52. The summed E-state index contributed by atoms with van der Waals surface area (Å²) in [4.78, 5) is 49.2. The highest BCUT2D eigenvalue weighted by Crippen LogP contribution is 2.13. The van der Waals surface area contributed by atoms with Gasteiger partial charge in [0.1, 0.15) is 5.60 Å². The monoisotopic (exact) mass is 509 g/mol. The summed E-state index contributed by atoms with van der Waals surface area (Å²) in [6.45, 7) is 5.89. The zero-order valence-corrected chi connectivity index (χ0v) is 21.8. The Labute approximate surface area is 223 Å². The van der Waals surface area contributed by atoms with Crippen LogP contribution in [0.5, 0.6) is 0 Å². The van der Waals surface area contributed by atoms with Crippen molar-refractivity contribution in [1.29, 1.82) is 0 Å². The largest absolute Gasteiger partial charge is 0.457 e. The van der Waals surface area contributed by atoms with Gasteiger partial charge in [0.05, 0.1) is 0 Å². The number of ketones is 2. The van der Waals surface area contributed by atoms with Crippen LogP contribution in [0.4, 0.5) is 0 Å². The average Bonchev–Trinajstić information content (AvgIpc) is 2.90. The van der Waals surface area contributed by atoms with Crippen molar-refractivity contribution in [2.75, 3.05) is 6.54 Å². The molecule has 0 heterocycles. The van der Waals surface area contributed by atoms with Gasteiger partial charge >= 0.3 is 5.97 Å². The van der Waals surface area contributed by atoms with Gasteiger partial charge in [-0.25, -0.2) is 4.79 Å². The molecule has 0 saturated heterocycles. The number of hydrogen-bond acceptors (Lipinski definition) is 5. The molecular formula is C32H31NO5. The highest BCUT2D eigenvalue weighted by atomic mass is 16.6. The summed E-state index contributed by atoms with van der Waals surface area (Å²) in [5.41, 5.74) is 2.50. The van der Waals surface area contributed by atoms with Gasteiger partial charge in [-0.2, -0.15) is 0 Å². The molecule has 0 radical (unpaired) electrons. The molecular weight excluding hydrogens is 478 g/mol. The second-order valence-electron chi connectivity index (χ2n) is 9.63. The molecule has 0 saturated carbocycles. The standard InChI is InChI=1S/C32H31NO5/c1-32(2,3)38-29(35)20-14-25-11-17-27(18-12-25)31(37)30(36)26-15-9-24(10-16-26)13-19-28(34)33-22-21-23-7-5-4-6-8-23/h4-20H,21-22H2,1-3H3,(H,33,34)/b19-13+,20-14+. The third-order valence-corrected chi connectivity index (χ3v) is 5.35. The van der Waals surface area contributed by atoms with Crippen molar-refractivity contribution < 1.29 is 23.9 Å². The molecule has 0 bridgehead atoms. The highest BCUT2D eigenvalue weighted by Gasteiger charge is 2.18. The molecule has 3 aromatic carbocycles. The van der Waals surface area contributed by atoms with Gasteiger partial charge in [-0.05, 0) is 56.0 Å². The first-order valence-electron chi connectivity index (χ1n) is 12.3. The second kappa shape index (κ2) is 13.1. The fourth-order valence-corrected chi connectivity index (χ4v) is 3.46. The minimum atomic E-state index is -0.631. The molecule has 0 unspecified atom stereocenters. The van der Waals surface area contributed by atoms with Crippen molar-refractivity contribution in [2.45, 2.75) is 32.8 Å². The maximum Gasteiger partial charge on any atom is 0.331 e. The Morgan fingerprint density at radius 1 is 0.711 bits per heavy atom. The Bertz CT molecular complexity index is 1330. The number of esters is 1. The van der Waals surface area contributed by atoms with E-state index in [1.54, 1.807) is 81.5 Å². The number of Topliss-reactive ketones (excluding diaryl/α,β-unsaturated/α-hetero) is 2. The van der Waals surface area contributed by atoms with Gasteiger partial charge in [0.25, 0.3) is 0 Å². The third-order valence-electron chi connectivity index (χ3n) is 5.35. The SMILES string of the molecule is CC(C)(C)OC(=O)/C=C/c1ccc(C(=O)C(=O)c2ccc(/C=C/C(=O)NCCc3ccccc3)cc2)cc1. The van der Waals surface area contributed by atoms with Crippen LogP contribution < -0.4 is 5.32 Å². The lowest BCUT2D eigenvalue weighted by Gasteiger charge is -2.17. The number of carbonyl (C=O) groups excluding carboxylic acids is 4. The van der Waals surface area contributed by atoms with Crippen LogP contribution >= 0.6 is 0 Å². The van der Waals surface area contributed by atoms with Crippen LogP contribution in [-0.2, 0) is 20.7 Å². The zero-order valence-electron chi connectivity index (χ0n) is 21.8. The summed E-state index contributed by atoms with van der Waals surface area (Å²) in [5.74, 6) is -1.93. The molecule has 38 heavy (non-hydrogen) atoms. The van der Waals surface area contributed by atoms with Gasteiger partial charge in [-0.3, -0.25) is 14.4 Å². The van der Waals surface area contributed by atoms with Crippen LogP contribution in [0.2, 0.25) is 0 Å². The number of benzene rings is 3. The van der Waals surface area contributed by atoms with Crippen LogP contribution in [0.1, 0.15) is 58.2 Å². The van der Waals surface area contributed by atoms with E-state index in [9.17, 15) is 19.2 Å². The van der Waals surface area contributed by atoms with Gasteiger partial charge in [-0.1, -0.05) is 78.9 Å². The summed E-state index contributed by atoms with van der Waals surface area (Å²) < 4.78 is 5.22. The van der Waals surface area contributed by atoms with Crippen molar-refractivity contribution in [2.24, 2.45) is 0 Å². The van der Waals surface area contributed by atoms with E-state index in [-0.39, 0.29) is 17.0 Å². The molecule has 1 amide bonds. The number of carbonyl (C=O) groups is 4. The van der Waals surface area contributed by atoms with Gasteiger partial charge in [0, 0.05) is 29.8 Å². The number of ether oxygens (including phenoxy) is 1. The Kier molecular flexibility index (Phi) is 9.66. The molecule has 0 aliphatic heterocycles. The van der Waals surface area contributed by atoms with Crippen LogP contribution in [0.25, 0.3) is 12.2 Å². The van der Waals surface area contributed by atoms with Gasteiger partial charge in [-0.15, -0.1) is 0 Å². The van der Waals surface area contributed by atoms with E-state index in [0.29, 0.717) is 12.1 Å². The molecule has 194 valence electrons. The first-order chi connectivity index (χ1) is 18.1. The molecule has 3 aromatic rings. The first-order valence-corrected chi connectivity index (χ1v) is 12.3. The maximum atomic E-state index is 12.7. The molecule has 1 N–H and O–H groups in total. The molecule has 0 aliphatic rings. The van der Waals surface area contributed by atoms with E-state index in [1.165, 1.54) is 12.2 Å². The minimum absolute atomic E-state index is 0.208. The maximum absolute atomic E-state index is 12.7. The van der Waals surface area contributed by atoms with Crippen molar-refractivity contribution >= 4 is 35.6 Å². The Morgan fingerprint density at radius 2 is 1.21 bits per heavy atom.